The van der Waals surface area contributed by atoms with Crippen LogP contribution in [-0.2, 0) is 4.79 Å². The van der Waals surface area contributed by atoms with E-state index in [1.165, 1.54) is 12.8 Å². The van der Waals surface area contributed by atoms with Gasteiger partial charge in [0.05, 0.1) is 0 Å². The average molecular weight is 288 g/mol. The first-order valence-corrected chi connectivity index (χ1v) is 8.14. The third-order valence-corrected chi connectivity index (χ3v) is 4.75. The van der Waals surface area contributed by atoms with Crippen LogP contribution in [-0.4, -0.2) is 23.9 Å². The van der Waals surface area contributed by atoms with E-state index in [1.54, 1.807) is 0 Å². The molecule has 2 N–H and O–H groups in total. The Morgan fingerprint density at radius 2 is 2.05 bits per heavy atom. The van der Waals surface area contributed by atoms with E-state index in [4.69, 9.17) is 5.73 Å². The van der Waals surface area contributed by atoms with Gasteiger partial charge in [0.15, 0.2) is 0 Å². The molecule has 2 rings (SSSR count). The Balaban J connectivity index is 1.81. The summed E-state index contributed by atoms with van der Waals surface area (Å²) in [6.07, 6.45) is 6.10. The van der Waals surface area contributed by atoms with Crippen LogP contribution in [0.2, 0.25) is 0 Å². The van der Waals surface area contributed by atoms with Crippen LogP contribution in [0.1, 0.15) is 57.1 Å². The molecule has 1 amide bonds. The van der Waals surface area contributed by atoms with Gasteiger partial charge < -0.3 is 10.6 Å². The molecule has 1 aliphatic carbocycles. The second-order valence-electron chi connectivity index (χ2n) is 6.49. The van der Waals surface area contributed by atoms with E-state index in [1.807, 2.05) is 42.3 Å². The number of benzene rings is 1. The van der Waals surface area contributed by atoms with Gasteiger partial charge in [-0.2, -0.15) is 0 Å². The van der Waals surface area contributed by atoms with Gasteiger partial charge in [0.2, 0.25) is 5.91 Å². The molecular formula is C18H28N2O. The Kier molecular flexibility index (Phi) is 5.80. The lowest BCUT2D eigenvalue weighted by molar-refractivity contribution is -0.133. The summed E-state index contributed by atoms with van der Waals surface area (Å²) in [5.74, 6) is 0.978. The average Bonchev–Trinajstić information content (AvgIpc) is 2.52. The zero-order valence-electron chi connectivity index (χ0n) is 13.3. The van der Waals surface area contributed by atoms with Crippen LogP contribution in [0.25, 0.3) is 0 Å². The number of nitrogens with zero attached hydrogens (tertiary/aromatic N) is 1. The minimum atomic E-state index is -0.0474. The van der Waals surface area contributed by atoms with Crippen LogP contribution < -0.4 is 5.73 Å². The third-order valence-electron chi connectivity index (χ3n) is 4.75. The minimum absolute atomic E-state index is 0.0474. The van der Waals surface area contributed by atoms with Gasteiger partial charge in [-0.15, -0.1) is 0 Å². The summed E-state index contributed by atoms with van der Waals surface area (Å²) in [6.45, 7) is 2.29. The second-order valence-corrected chi connectivity index (χ2v) is 6.49. The van der Waals surface area contributed by atoms with E-state index in [0.29, 0.717) is 12.5 Å². The van der Waals surface area contributed by atoms with Crippen molar-refractivity contribution in [3.8, 4) is 0 Å². The molecule has 0 heterocycles. The molecule has 1 aliphatic rings. The number of carbonyl (C=O) groups is 1. The topological polar surface area (TPSA) is 46.3 Å². The number of carbonyl (C=O) groups excluding carboxylic acids is 1. The smallest absolute Gasteiger partial charge is 0.222 e. The molecule has 1 aromatic rings. The Hall–Kier alpha value is -1.35. The Morgan fingerprint density at radius 3 is 2.71 bits per heavy atom. The number of hydrogen-bond acceptors (Lipinski definition) is 2. The number of rotatable bonds is 5. The maximum Gasteiger partial charge on any atom is 0.222 e. The van der Waals surface area contributed by atoms with Crippen molar-refractivity contribution in [2.75, 3.05) is 7.05 Å². The molecule has 3 unspecified atom stereocenters. The van der Waals surface area contributed by atoms with Crippen molar-refractivity contribution < 1.29 is 4.79 Å². The molecule has 0 bridgehead atoms. The molecule has 3 nitrogen and oxygen atoms in total. The molecule has 3 atom stereocenters. The minimum Gasteiger partial charge on any atom is -0.343 e. The summed E-state index contributed by atoms with van der Waals surface area (Å²) in [5.41, 5.74) is 7.28. The van der Waals surface area contributed by atoms with Crippen molar-refractivity contribution in [3.63, 3.8) is 0 Å². The van der Waals surface area contributed by atoms with E-state index in [2.05, 4.69) is 6.92 Å². The lowest BCUT2D eigenvalue weighted by Crippen LogP contribution is -2.40. The van der Waals surface area contributed by atoms with Crippen molar-refractivity contribution >= 4 is 5.91 Å². The fourth-order valence-electron chi connectivity index (χ4n) is 3.28. The lowest BCUT2D eigenvalue weighted by atomic mass is 9.86. The van der Waals surface area contributed by atoms with E-state index in [-0.39, 0.29) is 11.9 Å². The first-order valence-electron chi connectivity index (χ1n) is 8.14. The SMILES string of the molecule is CC1CCCC(N(C)C(=O)CCC(N)c2ccccc2)C1. The van der Waals surface area contributed by atoms with Crippen LogP contribution in [0.15, 0.2) is 30.3 Å². The molecule has 0 aromatic heterocycles. The summed E-state index contributed by atoms with van der Waals surface area (Å²) >= 11 is 0. The first-order chi connectivity index (χ1) is 10.1. The van der Waals surface area contributed by atoms with Gasteiger partial charge in [-0.3, -0.25) is 4.79 Å². The fourth-order valence-corrected chi connectivity index (χ4v) is 3.28. The Labute approximate surface area is 128 Å². The fraction of sp³-hybridized carbons (Fsp3) is 0.611. The summed E-state index contributed by atoms with van der Waals surface area (Å²) < 4.78 is 0. The van der Waals surface area contributed by atoms with Gasteiger partial charge in [0, 0.05) is 25.6 Å². The van der Waals surface area contributed by atoms with Gasteiger partial charge in [-0.1, -0.05) is 50.1 Å². The lowest BCUT2D eigenvalue weighted by Gasteiger charge is -2.34. The highest BCUT2D eigenvalue weighted by atomic mass is 16.2. The second kappa shape index (κ2) is 7.60. The highest BCUT2D eigenvalue weighted by Crippen LogP contribution is 2.27. The monoisotopic (exact) mass is 288 g/mol. The van der Waals surface area contributed by atoms with Crippen LogP contribution in [0.4, 0.5) is 0 Å². The first kappa shape index (κ1) is 16.0. The molecule has 0 aliphatic heterocycles. The molecule has 0 radical (unpaired) electrons. The van der Waals surface area contributed by atoms with Gasteiger partial charge in [0.1, 0.15) is 0 Å². The Bertz CT molecular complexity index is 446. The van der Waals surface area contributed by atoms with Crippen LogP contribution in [0.5, 0.6) is 0 Å². The summed E-state index contributed by atoms with van der Waals surface area (Å²) in [4.78, 5) is 14.3. The third kappa shape index (κ3) is 4.57. The van der Waals surface area contributed by atoms with Crippen molar-refractivity contribution in [2.24, 2.45) is 11.7 Å². The zero-order chi connectivity index (χ0) is 15.2. The van der Waals surface area contributed by atoms with Crippen molar-refractivity contribution in [3.05, 3.63) is 35.9 Å². The number of amides is 1. The summed E-state index contributed by atoms with van der Waals surface area (Å²) in [5, 5.41) is 0. The molecule has 3 heteroatoms. The number of nitrogens with two attached hydrogens (primary N) is 1. The van der Waals surface area contributed by atoms with Gasteiger partial charge in [-0.05, 0) is 30.7 Å². The van der Waals surface area contributed by atoms with Crippen molar-refractivity contribution in [2.45, 2.75) is 57.5 Å². The van der Waals surface area contributed by atoms with Crippen LogP contribution >= 0.6 is 0 Å². The molecule has 1 fully saturated rings. The molecule has 0 saturated heterocycles. The highest BCUT2D eigenvalue weighted by molar-refractivity contribution is 5.76. The maximum atomic E-state index is 12.4. The normalized spacial score (nSPS) is 23.6. The van der Waals surface area contributed by atoms with Crippen molar-refractivity contribution in [1.29, 1.82) is 0 Å². The van der Waals surface area contributed by atoms with Gasteiger partial charge >= 0.3 is 0 Å². The molecule has 0 spiro atoms. The molecule has 21 heavy (non-hydrogen) atoms. The molecule has 1 aromatic carbocycles. The van der Waals surface area contributed by atoms with Crippen LogP contribution in [0, 0.1) is 5.92 Å². The zero-order valence-corrected chi connectivity index (χ0v) is 13.3. The standard InChI is InChI=1S/C18H28N2O/c1-14-7-6-10-16(13-14)20(2)18(21)12-11-17(19)15-8-4-3-5-9-15/h3-5,8-9,14,16-17H,6-7,10-13,19H2,1-2H3. The largest absolute Gasteiger partial charge is 0.343 e. The van der Waals surface area contributed by atoms with Crippen molar-refractivity contribution in [1.82, 2.24) is 4.90 Å². The van der Waals surface area contributed by atoms with E-state index in [9.17, 15) is 4.79 Å². The predicted molar refractivity (Wildman–Crippen MR) is 86.8 cm³/mol. The van der Waals surface area contributed by atoms with E-state index in [0.717, 1.165) is 30.7 Å². The van der Waals surface area contributed by atoms with E-state index < -0.39 is 0 Å². The summed E-state index contributed by atoms with van der Waals surface area (Å²) in [6, 6.07) is 10.4. The molecule has 1 saturated carbocycles. The quantitative estimate of drug-likeness (QED) is 0.901. The molecular weight excluding hydrogens is 260 g/mol. The van der Waals surface area contributed by atoms with Gasteiger partial charge in [-0.25, -0.2) is 0 Å². The predicted octanol–water partition coefficient (Wildman–Crippen LogP) is 3.50. The summed E-state index contributed by atoms with van der Waals surface area (Å²) in [7, 11) is 1.96. The van der Waals surface area contributed by atoms with Crippen LogP contribution in [0.3, 0.4) is 0 Å². The molecule has 116 valence electrons. The van der Waals surface area contributed by atoms with Gasteiger partial charge in [0.25, 0.3) is 0 Å². The van der Waals surface area contributed by atoms with E-state index >= 15 is 0 Å². The number of hydrogen-bond donors (Lipinski definition) is 1. The Morgan fingerprint density at radius 1 is 1.33 bits per heavy atom. The highest BCUT2D eigenvalue weighted by Gasteiger charge is 2.25. The maximum absolute atomic E-state index is 12.4.